The van der Waals surface area contributed by atoms with Gasteiger partial charge in [0.15, 0.2) is 5.78 Å². The number of allylic oxidation sites excluding steroid dienone is 1. The van der Waals surface area contributed by atoms with Crippen molar-refractivity contribution < 1.29 is 19.1 Å². The Labute approximate surface area is 207 Å². The molecule has 0 unspecified atom stereocenters. The summed E-state index contributed by atoms with van der Waals surface area (Å²) in [7, 11) is 1.58. The number of anilines is 2. The van der Waals surface area contributed by atoms with E-state index in [9.17, 15) is 9.59 Å². The van der Waals surface area contributed by atoms with Crippen molar-refractivity contribution in [2.24, 2.45) is 0 Å². The molecule has 2 N–H and O–H groups in total. The molecular formula is C27H36N2O4S. The molecule has 2 rings (SSSR count). The molecule has 0 heterocycles. The van der Waals surface area contributed by atoms with Gasteiger partial charge < -0.3 is 20.1 Å². The van der Waals surface area contributed by atoms with Crippen LogP contribution in [0.5, 0.6) is 11.5 Å². The van der Waals surface area contributed by atoms with E-state index in [0.717, 1.165) is 12.8 Å². The van der Waals surface area contributed by atoms with E-state index < -0.39 is 0 Å². The van der Waals surface area contributed by atoms with Gasteiger partial charge in [-0.15, -0.1) is 0 Å². The summed E-state index contributed by atoms with van der Waals surface area (Å²) in [5, 5.41) is 6.03. The zero-order chi connectivity index (χ0) is 24.6. The van der Waals surface area contributed by atoms with Crippen LogP contribution in [-0.2, 0) is 4.79 Å². The van der Waals surface area contributed by atoms with Crippen molar-refractivity contribution in [1.82, 2.24) is 0 Å². The van der Waals surface area contributed by atoms with Gasteiger partial charge in [-0.1, -0.05) is 39.0 Å². The Morgan fingerprint density at radius 3 is 2.35 bits per heavy atom. The van der Waals surface area contributed by atoms with Crippen LogP contribution in [0.25, 0.3) is 0 Å². The molecule has 34 heavy (non-hydrogen) atoms. The highest BCUT2D eigenvalue weighted by Crippen LogP contribution is 2.28. The minimum atomic E-state index is -0.137. The molecular weight excluding hydrogens is 448 g/mol. The second-order valence-electron chi connectivity index (χ2n) is 7.88. The number of ketones is 1. The number of hydrogen-bond donors (Lipinski definition) is 2. The number of hydrogen-bond acceptors (Lipinski definition) is 6. The SMILES string of the molecule is CCCCCCCCOc1ccc(N/C=C/C(=O)c2ccc(OC)cc2)c(NC(=O)CSC)c1. The number of rotatable bonds is 16. The van der Waals surface area contributed by atoms with Crippen LogP contribution in [0.3, 0.4) is 0 Å². The van der Waals surface area contributed by atoms with Crippen LogP contribution in [0.1, 0.15) is 55.8 Å². The largest absolute Gasteiger partial charge is 0.497 e. The fourth-order valence-corrected chi connectivity index (χ4v) is 3.63. The molecule has 2 aromatic rings. The van der Waals surface area contributed by atoms with Gasteiger partial charge in [0.2, 0.25) is 5.91 Å². The molecule has 0 aliphatic rings. The summed E-state index contributed by atoms with van der Waals surface area (Å²) in [6.45, 7) is 2.86. The topological polar surface area (TPSA) is 76.7 Å². The predicted molar refractivity (Wildman–Crippen MR) is 142 cm³/mol. The van der Waals surface area contributed by atoms with Crippen molar-refractivity contribution in [2.45, 2.75) is 45.4 Å². The van der Waals surface area contributed by atoms with Crippen LogP contribution in [0, 0.1) is 0 Å². The Hall–Kier alpha value is -2.93. The van der Waals surface area contributed by atoms with E-state index in [2.05, 4.69) is 17.6 Å². The highest BCUT2D eigenvalue weighted by Gasteiger charge is 2.09. The Balaban J connectivity index is 1.99. The molecule has 0 aliphatic heterocycles. The standard InChI is InChI=1S/C27H36N2O4S/c1-4-5-6-7-8-9-18-33-23-14-15-24(25(19-23)29-27(31)20-34-3)28-17-16-26(30)21-10-12-22(32-2)13-11-21/h10-17,19,28H,4-9,18,20H2,1-3H3,(H,29,31)/b17-16+. The molecule has 7 heteroatoms. The number of ether oxygens (including phenoxy) is 2. The van der Waals surface area contributed by atoms with E-state index in [1.54, 1.807) is 37.6 Å². The number of carbonyl (C=O) groups is 2. The molecule has 0 fully saturated rings. The number of methoxy groups -OCH3 is 1. The first-order valence-corrected chi connectivity index (χ1v) is 13.1. The molecule has 0 spiro atoms. The molecule has 0 atom stereocenters. The average molecular weight is 485 g/mol. The summed E-state index contributed by atoms with van der Waals surface area (Å²) in [6.07, 6.45) is 12.1. The van der Waals surface area contributed by atoms with Gasteiger partial charge >= 0.3 is 0 Å². The first-order chi connectivity index (χ1) is 16.6. The fraction of sp³-hybridized carbons (Fsp3) is 0.407. The molecule has 0 bridgehead atoms. The highest BCUT2D eigenvalue weighted by molar-refractivity contribution is 7.99. The van der Waals surface area contributed by atoms with Gasteiger partial charge in [0, 0.05) is 23.9 Å². The third kappa shape index (κ3) is 9.91. The first kappa shape index (κ1) is 27.3. The minimum absolute atomic E-state index is 0.0955. The van der Waals surface area contributed by atoms with Crippen LogP contribution in [0.15, 0.2) is 54.7 Å². The summed E-state index contributed by atoms with van der Waals surface area (Å²) in [6, 6.07) is 12.5. The van der Waals surface area contributed by atoms with Gasteiger partial charge in [-0.3, -0.25) is 9.59 Å². The van der Waals surface area contributed by atoms with E-state index in [4.69, 9.17) is 9.47 Å². The summed E-state index contributed by atoms with van der Waals surface area (Å²) in [4.78, 5) is 24.6. The minimum Gasteiger partial charge on any atom is -0.497 e. The summed E-state index contributed by atoms with van der Waals surface area (Å²) in [5.74, 6) is 1.53. The number of nitrogens with one attached hydrogen (secondary N) is 2. The van der Waals surface area contributed by atoms with Crippen molar-refractivity contribution in [1.29, 1.82) is 0 Å². The molecule has 0 radical (unpaired) electrons. The number of amides is 1. The van der Waals surface area contributed by atoms with Gasteiger partial charge in [-0.25, -0.2) is 0 Å². The highest BCUT2D eigenvalue weighted by atomic mass is 32.2. The number of benzene rings is 2. The van der Waals surface area contributed by atoms with E-state index in [0.29, 0.717) is 40.8 Å². The maximum Gasteiger partial charge on any atom is 0.234 e. The Bertz CT molecular complexity index is 929. The third-order valence-electron chi connectivity index (χ3n) is 5.16. The van der Waals surface area contributed by atoms with Crippen molar-refractivity contribution in [3.05, 3.63) is 60.3 Å². The molecule has 0 aliphatic carbocycles. The summed E-state index contributed by atoms with van der Waals surface area (Å²) in [5.41, 5.74) is 1.85. The Morgan fingerprint density at radius 2 is 1.65 bits per heavy atom. The van der Waals surface area contributed by atoms with Crippen molar-refractivity contribution in [2.75, 3.05) is 36.4 Å². The first-order valence-electron chi connectivity index (χ1n) is 11.7. The quantitative estimate of drug-likeness (QED) is 0.160. The zero-order valence-corrected chi connectivity index (χ0v) is 21.2. The monoisotopic (exact) mass is 484 g/mol. The lowest BCUT2D eigenvalue weighted by Gasteiger charge is -2.14. The normalized spacial score (nSPS) is 10.8. The van der Waals surface area contributed by atoms with E-state index in [1.165, 1.54) is 43.5 Å². The van der Waals surface area contributed by atoms with E-state index in [1.807, 2.05) is 24.5 Å². The maximum atomic E-state index is 12.4. The maximum absolute atomic E-state index is 12.4. The van der Waals surface area contributed by atoms with Gasteiger partial charge in [0.1, 0.15) is 11.5 Å². The van der Waals surface area contributed by atoms with Crippen LogP contribution >= 0.6 is 11.8 Å². The third-order valence-corrected chi connectivity index (χ3v) is 5.71. The van der Waals surface area contributed by atoms with Gasteiger partial charge in [-0.05, 0) is 49.1 Å². The lowest BCUT2D eigenvalue weighted by Crippen LogP contribution is -2.15. The molecule has 184 valence electrons. The Kier molecular flexibility index (Phi) is 12.7. The molecule has 0 saturated heterocycles. The van der Waals surface area contributed by atoms with Crippen molar-refractivity contribution in [3.8, 4) is 11.5 Å². The van der Waals surface area contributed by atoms with E-state index >= 15 is 0 Å². The van der Waals surface area contributed by atoms with Crippen molar-refractivity contribution >= 4 is 34.8 Å². The lowest BCUT2D eigenvalue weighted by molar-refractivity contribution is -0.113. The number of carbonyl (C=O) groups excluding carboxylic acids is 2. The molecule has 1 amide bonds. The second-order valence-corrected chi connectivity index (χ2v) is 8.74. The number of thioether (sulfide) groups is 1. The Morgan fingerprint density at radius 1 is 0.941 bits per heavy atom. The molecule has 0 saturated carbocycles. The summed E-state index contributed by atoms with van der Waals surface area (Å²) >= 11 is 1.45. The lowest BCUT2D eigenvalue weighted by atomic mass is 10.1. The smallest absolute Gasteiger partial charge is 0.234 e. The molecule has 6 nitrogen and oxygen atoms in total. The van der Waals surface area contributed by atoms with Crippen LogP contribution in [0.4, 0.5) is 11.4 Å². The van der Waals surface area contributed by atoms with Crippen molar-refractivity contribution in [3.63, 3.8) is 0 Å². The second kappa shape index (κ2) is 15.8. The number of unbranched alkanes of at least 4 members (excludes halogenated alkanes) is 5. The van der Waals surface area contributed by atoms with E-state index in [-0.39, 0.29) is 11.7 Å². The summed E-state index contributed by atoms with van der Waals surface area (Å²) < 4.78 is 11.0. The van der Waals surface area contributed by atoms with Gasteiger partial charge in [0.05, 0.1) is 30.8 Å². The average Bonchev–Trinajstić information content (AvgIpc) is 2.84. The zero-order valence-electron chi connectivity index (χ0n) is 20.4. The fourth-order valence-electron chi connectivity index (χ4n) is 3.29. The van der Waals surface area contributed by atoms with Crippen LogP contribution < -0.4 is 20.1 Å². The van der Waals surface area contributed by atoms with Crippen LogP contribution in [-0.4, -0.2) is 37.4 Å². The van der Waals surface area contributed by atoms with Gasteiger partial charge in [-0.2, -0.15) is 11.8 Å². The molecule has 2 aromatic carbocycles. The predicted octanol–water partition coefficient (Wildman–Crippen LogP) is 6.54. The van der Waals surface area contributed by atoms with Crippen LogP contribution in [0.2, 0.25) is 0 Å². The molecule has 0 aromatic heterocycles. The van der Waals surface area contributed by atoms with Gasteiger partial charge in [0.25, 0.3) is 0 Å².